The molecule has 0 saturated heterocycles. The van der Waals surface area contributed by atoms with Crippen LogP contribution in [0.15, 0.2) is 48.7 Å². The van der Waals surface area contributed by atoms with Crippen molar-refractivity contribution in [1.29, 1.82) is 0 Å². The van der Waals surface area contributed by atoms with Crippen molar-refractivity contribution in [3.8, 4) is 17.4 Å². The molecule has 0 bridgehead atoms. The van der Waals surface area contributed by atoms with Gasteiger partial charge in [0, 0.05) is 11.9 Å². The minimum absolute atomic E-state index is 0.0325. The van der Waals surface area contributed by atoms with E-state index in [1.165, 1.54) is 6.20 Å². The second-order valence-corrected chi connectivity index (χ2v) is 5.48. The molecule has 0 spiro atoms. The normalized spacial score (nSPS) is 11.3. The third kappa shape index (κ3) is 3.74. The first-order valence-electron chi connectivity index (χ1n) is 7.67. The molecule has 2 aromatic heterocycles. The first-order valence-corrected chi connectivity index (χ1v) is 7.67. The fourth-order valence-electron chi connectivity index (χ4n) is 2.32. The van der Waals surface area contributed by atoms with Crippen LogP contribution in [0.2, 0.25) is 0 Å². The van der Waals surface area contributed by atoms with Gasteiger partial charge >= 0.3 is 6.18 Å². The molecule has 0 atom stereocenters. The second kappa shape index (κ2) is 6.99. The zero-order chi connectivity index (χ0) is 18.7. The molecule has 0 saturated carbocycles. The maximum atomic E-state index is 13.6. The largest absolute Gasteiger partial charge is 0.480 e. The summed E-state index contributed by atoms with van der Waals surface area (Å²) >= 11 is 0. The van der Waals surface area contributed by atoms with Crippen molar-refractivity contribution in [3.63, 3.8) is 0 Å². The van der Waals surface area contributed by atoms with Gasteiger partial charge in [-0.2, -0.15) is 18.2 Å². The van der Waals surface area contributed by atoms with E-state index in [1.807, 2.05) is 6.92 Å². The summed E-state index contributed by atoms with van der Waals surface area (Å²) < 4.78 is 45.6. The number of aromatic nitrogens is 3. The lowest BCUT2D eigenvalue weighted by atomic mass is 10.2. The predicted octanol–water partition coefficient (Wildman–Crippen LogP) is 4.62. The summed E-state index contributed by atoms with van der Waals surface area (Å²) in [6.07, 6.45) is -3.18. The molecule has 3 aromatic rings. The lowest BCUT2D eigenvalue weighted by Gasteiger charge is -2.17. The number of nitrogens with zero attached hydrogens (tertiary/aromatic N) is 3. The molecule has 0 aliphatic heterocycles. The smallest absolute Gasteiger partial charge is 0.425 e. The Morgan fingerprint density at radius 3 is 2.31 bits per heavy atom. The Morgan fingerprint density at radius 1 is 1.00 bits per heavy atom. The van der Waals surface area contributed by atoms with Gasteiger partial charge in [0.15, 0.2) is 17.2 Å². The molecule has 1 aromatic carbocycles. The molecule has 0 aliphatic rings. The minimum Gasteiger partial charge on any atom is -0.480 e. The van der Waals surface area contributed by atoms with Gasteiger partial charge in [-0.1, -0.05) is 23.8 Å². The summed E-state index contributed by atoms with van der Waals surface area (Å²) in [6, 6.07) is 11.9. The first-order chi connectivity index (χ1) is 12.4. The van der Waals surface area contributed by atoms with Crippen molar-refractivity contribution >= 4 is 11.5 Å². The molecule has 0 amide bonds. The van der Waals surface area contributed by atoms with E-state index in [9.17, 15) is 13.2 Å². The molecule has 2 heterocycles. The van der Waals surface area contributed by atoms with E-state index < -0.39 is 23.4 Å². The Balaban J connectivity index is 2.16. The molecule has 26 heavy (non-hydrogen) atoms. The SMILES string of the molecule is COc1nc(-c2ccccn2)nc(Nc2ccc(C)cc2)c1C(F)(F)F. The van der Waals surface area contributed by atoms with E-state index in [2.05, 4.69) is 20.3 Å². The fourth-order valence-corrected chi connectivity index (χ4v) is 2.32. The van der Waals surface area contributed by atoms with Gasteiger partial charge in [0.05, 0.1) is 7.11 Å². The van der Waals surface area contributed by atoms with Gasteiger partial charge in [-0.25, -0.2) is 4.98 Å². The van der Waals surface area contributed by atoms with E-state index in [4.69, 9.17) is 4.74 Å². The van der Waals surface area contributed by atoms with Crippen LogP contribution in [0.4, 0.5) is 24.7 Å². The van der Waals surface area contributed by atoms with Crippen LogP contribution in [-0.4, -0.2) is 22.1 Å². The summed E-state index contributed by atoms with van der Waals surface area (Å²) in [5.74, 6) is -0.929. The number of methoxy groups -OCH3 is 1. The summed E-state index contributed by atoms with van der Waals surface area (Å²) in [7, 11) is 1.13. The van der Waals surface area contributed by atoms with E-state index in [0.29, 0.717) is 11.4 Å². The number of aryl methyl sites for hydroxylation is 1. The minimum atomic E-state index is -4.69. The maximum Gasteiger partial charge on any atom is 0.425 e. The number of hydrogen-bond acceptors (Lipinski definition) is 5. The standard InChI is InChI=1S/C18H15F3N4O/c1-11-6-8-12(9-7-11)23-16-14(18(19,20)21)17(26-2)25-15(24-16)13-5-3-4-10-22-13/h3-10H,1-2H3,(H,23,24,25). The molecule has 1 N–H and O–H groups in total. The van der Waals surface area contributed by atoms with Crippen molar-refractivity contribution in [2.75, 3.05) is 12.4 Å². The van der Waals surface area contributed by atoms with Crippen LogP contribution < -0.4 is 10.1 Å². The summed E-state index contributed by atoms with van der Waals surface area (Å²) in [5.41, 5.74) is 0.724. The number of ether oxygens (including phenoxy) is 1. The number of benzene rings is 1. The second-order valence-electron chi connectivity index (χ2n) is 5.48. The Morgan fingerprint density at radius 2 is 1.73 bits per heavy atom. The topological polar surface area (TPSA) is 59.9 Å². The number of nitrogens with one attached hydrogen (secondary N) is 1. The average molecular weight is 360 g/mol. The average Bonchev–Trinajstić information content (AvgIpc) is 2.62. The van der Waals surface area contributed by atoms with Crippen LogP contribution in [0, 0.1) is 6.92 Å². The van der Waals surface area contributed by atoms with Gasteiger partial charge in [0.1, 0.15) is 5.69 Å². The van der Waals surface area contributed by atoms with Gasteiger partial charge in [0.25, 0.3) is 0 Å². The van der Waals surface area contributed by atoms with Gasteiger partial charge < -0.3 is 10.1 Å². The number of pyridine rings is 1. The predicted molar refractivity (Wildman–Crippen MR) is 91.3 cm³/mol. The Labute approximate surface area is 147 Å². The van der Waals surface area contributed by atoms with Crippen molar-refractivity contribution in [2.45, 2.75) is 13.1 Å². The summed E-state index contributed by atoms with van der Waals surface area (Å²) in [4.78, 5) is 12.0. The lowest BCUT2D eigenvalue weighted by Crippen LogP contribution is -2.15. The molecule has 5 nitrogen and oxygen atoms in total. The van der Waals surface area contributed by atoms with Gasteiger partial charge in [-0.15, -0.1) is 0 Å². The first kappa shape index (κ1) is 17.7. The fraction of sp³-hybridized carbons (Fsp3) is 0.167. The van der Waals surface area contributed by atoms with Crippen LogP contribution in [0.25, 0.3) is 11.5 Å². The molecule has 134 valence electrons. The third-order valence-corrected chi connectivity index (χ3v) is 3.56. The van der Waals surface area contributed by atoms with Crippen molar-refractivity contribution in [1.82, 2.24) is 15.0 Å². The Hall–Kier alpha value is -3.16. The highest BCUT2D eigenvalue weighted by molar-refractivity contribution is 5.65. The van der Waals surface area contributed by atoms with E-state index in [-0.39, 0.29) is 5.82 Å². The number of rotatable bonds is 4. The summed E-state index contributed by atoms with van der Waals surface area (Å²) in [5, 5.41) is 2.71. The van der Waals surface area contributed by atoms with E-state index >= 15 is 0 Å². The zero-order valence-electron chi connectivity index (χ0n) is 14.0. The zero-order valence-corrected chi connectivity index (χ0v) is 14.0. The molecule has 3 rings (SSSR count). The van der Waals surface area contributed by atoms with Crippen LogP contribution in [-0.2, 0) is 6.18 Å². The Kier molecular flexibility index (Phi) is 4.75. The molecule has 8 heteroatoms. The highest BCUT2D eigenvalue weighted by atomic mass is 19.4. The van der Waals surface area contributed by atoms with Gasteiger partial charge in [0.2, 0.25) is 5.88 Å². The highest BCUT2D eigenvalue weighted by Crippen LogP contribution is 2.41. The molecular weight excluding hydrogens is 345 g/mol. The van der Waals surface area contributed by atoms with Crippen LogP contribution in [0.5, 0.6) is 5.88 Å². The van der Waals surface area contributed by atoms with Crippen LogP contribution >= 0.6 is 0 Å². The van der Waals surface area contributed by atoms with Gasteiger partial charge in [-0.05, 0) is 31.2 Å². The van der Waals surface area contributed by atoms with Gasteiger partial charge in [-0.3, -0.25) is 4.98 Å². The number of hydrogen-bond donors (Lipinski definition) is 1. The number of alkyl halides is 3. The molecule has 0 unspecified atom stereocenters. The van der Waals surface area contributed by atoms with E-state index in [1.54, 1.807) is 42.5 Å². The number of anilines is 2. The lowest BCUT2D eigenvalue weighted by molar-refractivity contribution is -0.138. The Bertz CT molecular complexity index is 897. The highest BCUT2D eigenvalue weighted by Gasteiger charge is 2.40. The monoisotopic (exact) mass is 360 g/mol. The molecule has 0 fully saturated rings. The maximum absolute atomic E-state index is 13.6. The third-order valence-electron chi connectivity index (χ3n) is 3.56. The van der Waals surface area contributed by atoms with Crippen LogP contribution in [0.1, 0.15) is 11.1 Å². The summed E-state index contributed by atoms with van der Waals surface area (Å²) in [6.45, 7) is 1.89. The molecule has 0 aliphatic carbocycles. The molecular formula is C18H15F3N4O. The molecule has 0 radical (unpaired) electrons. The van der Waals surface area contributed by atoms with Crippen LogP contribution in [0.3, 0.4) is 0 Å². The quantitative estimate of drug-likeness (QED) is 0.736. The van der Waals surface area contributed by atoms with Crippen molar-refractivity contribution < 1.29 is 17.9 Å². The van der Waals surface area contributed by atoms with Crippen molar-refractivity contribution in [2.24, 2.45) is 0 Å². The van der Waals surface area contributed by atoms with Crippen molar-refractivity contribution in [3.05, 3.63) is 59.8 Å². The van der Waals surface area contributed by atoms with E-state index in [0.717, 1.165) is 12.7 Å². The number of halogens is 3.